The maximum absolute atomic E-state index is 14.6. The monoisotopic (exact) mass is 1830 g/mol. The molecule has 6 aromatic rings. The van der Waals surface area contributed by atoms with Gasteiger partial charge in [-0.25, -0.2) is 0 Å². The van der Waals surface area contributed by atoms with E-state index < -0.39 is 281 Å². The first-order valence-corrected chi connectivity index (χ1v) is 42.7. The minimum Gasteiger partial charge on any atom is -0.508 e. The van der Waals surface area contributed by atoms with Gasteiger partial charge in [-0.3, -0.25) is 95.9 Å². The van der Waals surface area contributed by atoms with Gasteiger partial charge in [-0.15, -0.1) is 0 Å². The number of phenols is 1. The number of aromatic nitrogens is 2. The summed E-state index contributed by atoms with van der Waals surface area (Å²) in [6.07, 6.45) is -5.51. The standard InChI is InChI=1S/C85H109N17O27S/c1-43(2)34-62(101-75(119)52(86)37-47-40-88-53-16-10-8-14-50(47)53)83(127)97-59(26-31-71(113)114)81(125)96-58(25-30-70(111)112)80(124)95-57(24-29-69(109)110)79(123)94-56(23-28-68(107)108)78(122)93-55(22-27-67(105)106)77(121)91-44(3)74(118)100-63(36-46-18-20-49(103)21-19-46)76(120)90-42-66(104)92-64(38-48-41-89-54-17-11-9-15-51(48)54)84(128)98-60(32-33-130-4)82(126)102-65(39-72(115)116)85(129)99-61(73(87)117)35-45-12-6-5-7-13-45/h5-21,40-41,43-44,52,55-65,88-89,103H,22-39,42,86H2,1-4H3,(H2,87,117)(H,90,120)(H,91,121)(H,92,104)(H,93,122)(H,94,123)(H,95,124)(H,96,125)(H,97,127)(H,98,128)(H,99,129)(H,100,118)(H,101,119)(H,102,126)(H,105,106)(H,107,108)(H,109,110)(H,111,112)(H,113,114)(H,115,116). The van der Waals surface area contributed by atoms with E-state index in [1.165, 1.54) is 36.0 Å². The number of hydrogen-bond acceptors (Lipinski definition) is 23. The molecule has 2 aromatic heterocycles. The van der Waals surface area contributed by atoms with E-state index in [1.807, 2.05) is 0 Å². The van der Waals surface area contributed by atoms with Crippen molar-refractivity contribution in [1.82, 2.24) is 79.1 Å². The highest BCUT2D eigenvalue weighted by molar-refractivity contribution is 7.98. The predicted octanol–water partition coefficient (Wildman–Crippen LogP) is -2.01. The highest BCUT2D eigenvalue weighted by Crippen LogP contribution is 2.23. The van der Waals surface area contributed by atoms with E-state index in [2.05, 4.69) is 79.1 Å². The highest BCUT2D eigenvalue weighted by atomic mass is 32.2. The average Bonchev–Trinajstić information content (AvgIpc) is 1.68. The minimum absolute atomic E-state index is 0.0116. The molecule has 0 saturated carbocycles. The molecule has 26 N–H and O–H groups in total. The van der Waals surface area contributed by atoms with Crippen molar-refractivity contribution in [2.24, 2.45) is 17.4 Å². The number of H-pyrrole nitrogens is 2. The first-order valence-electron chi connectivity index (χ1n) is 41.3. The summed E-state index contributed by atoms with van der Waals surface area (Å²) in [6.45, 7) is 3.54. The van der Waals surface area contributed by atoms with Gasteiger partial charge in [0, 0.05) is 85.6 Å². The Hall–Kier alpha value is -14.5. The molecule has 702 valence electrons. The summed E-state index contributed by atoms with van der Waals surface area (Å²) in [7, 11) is 0. The van der Waals surface area contributed by atoms with Gasteiger partial charge in [-0.2, -0.15) is 11.8 Å². The number of carbonyl (C=O) groups is 20. The topological polar surface area (TPSA) is 723 Å². The fraction of sp³-hybridized carbons (Fsp3) is 0.435. The summed E-state index contributed by atoms with van der Waals surface area (Å²) in [5.74, 6) is -25.7. The number of aliphatic carboxylic acids is 6. The number of nitrogens with two attached hydrogens (primary N) is 2. The molecule has 130 heavy (non-hydrogen) atoms. The van der Waals surface area contributed by atoms with Crippen LogP contribution in [0.2, 0.25) is 0 Å². The van der Waals surface area contributed by atoms with Crippen molar-refractivity contribution in [3.8, 4) is 5.75 Å². The van der Waals surface area contributed by atoms with Gasteiger partial charge in [0.2, 0.25) is 82.7 Å². The summed E-state index contributed by atoms with van der Waals surface area (Å²) in [4.78, 5) is 276. The lowest BCUT2D eigenvalue weighted by Gasteiger charge is -2.28. The van der Waals surface area contributed by atoms with Crippen LogP contribution in [0, 0.1) is 5.92 Å². The maximum atomic E-state index is 14.6. The lowest BCUT2D eigenvalue weighted by molar-refractivity contribution is -0.141. The van der Waals surface area contributed by atoms with Gasteiger partial charge in [0.1, 0.15) is 78.3 Å². The van der Waals surface area contributed by atoms with Crippen LogP contribution in [0.25, 0.3) is 21.8 Å². The Kier molecular flexibility index (Phi) is 41.6. The summed E-state index contributed by atoms with van der Waals surface area (Å²) in [6, 6.07) is 5.27. The summed E-state index contributed by atoms with van der Waals surface area (Å²) in [5, 5.41) is 101. The van der Waals surface area contributed by atoms with Crippen molar-refractivity contribution in [3.05, 3.63) is 138 Å². The molecule has 0 saturated heterocycles. The molecule has 0 radical (unpaired) electrons. The van der Waals surface area contributed by atoms with Crippen LogP contribution >= 0.6 is 11.8 Å². The molecular formula is C85H109N17O27S. The van der Waals surface area contributed by atoms with E-state index in [0.29, 0.717) is 27.6 Å². The Balaban J connectivity index is 1.18. The van der Waals surface area contributed by atoms with Gasteiger partial charge >= 0.3 is 35.8 Å². The predicted molar refractivity (Wildman–Crippen MR) is 464 cm³/mol. The molecule has 0 aliphatic carbocycles. The molecule has 6 rings (SSSR count). The van der Waals surface area contributed by atoms with Gasteiger partial charge in [-0.05, 0) is 123 Å². The molecule has 2 heterocycles. The van der Waals surface area contributed by atoms with Crippen molar-refractivity contribution >= 4 is 152 Å². The van der Waals surface area contributed by atoms with Crippen LogP contribution in [0.4, 0.5) is 0 Å². The molecule has 0 aliphatic heterocycles. The molecule has 44 nitrogen and oxygen atoms in total. The Morgan fingerprint density at radius 2 is 0.700 bits per heavy atom. The number of aromatic hydroxyl groups is 1. The van der Waals surface area contributed by atoms with Gasteiger partial charge in [0.05, 0.1) is 19.0 Å². The highest BCUT2D eigenvalue weighted by Gasteiger charge is 2.39. The molecular weight excluding hydrogens is 1720 g/mol. The Morgan fingerprint density at radius 1 is 0.354 bits per heavy atom. The zero-order valence-corrected chi connectivity index (χ0v) is 72.2. The maximum Gasteiger partial charge on any atom is 0.305 e. The lowest BCUT2D eigenvalue weighted by Crippen LogP contribution is -2.60. The number of benzene rings is 4. The number of rotatable bonds is 57. The number of hydrogen-bond donors (Lipinski definition) is 24. The van der Waals surface area contributed by atoms with Crippen LogP contribution in [0.1, 0.15) is 126 Å². The molecule has 0 aliphatic rings. The van der Waals surface area contributed by atoms with Crippen LogP contribution in [-0.4, -0.2) is 261 Å². The molecule has 13 unspecified atom stereocenters. The Morgan fingerprint density at radius 3 is 1.12 bits per heavy atom. The van der Waals surface area contributed by atoms with E-state index in [-0.39, 0.29) is 55.1 Å². The van der Waals surface area contributed by atoms with Crippen molar-refractivity contribution < 1.29 is 132 Å². The largest absolute Gasteiger partial charge is 0.508 e. The number of para-hydroxylation sites is 2. The van der Waals surface area contributed by atoms with Crippen LogP contribution in [0.3, 0.4) is 0 Å². The van der Waals surface area contributed by atoms with Gasteiger partial charge in [0.15, 0.2) is 0 Å². The average molecular weight is 1830 g/mol. The number of carboxylic acids is 6. The van der Waals surface area contributed by atoms with Crippen LogP contribution < -0.4 is 80.6 Å². The van der Waals surface area contributed by atoms with E-state index in [1.54, 1.807) is 111 Å². The van der Waals surface area contributed by atoms with Gasteiger partial charge in [-0.1, -0.05) is 92.7 Å². The number of thioether (sulfide) groups is 1. The normalized spacial score (nSPS) is 14.1. The Bertz CT molecular complexity index is 5050. The number of aromatic amines is 2. The van der Waals surface area contributed by atoms with Crippen molar-refractivity contribution in [2.75, 3.05) is 18.6 Å². The third kappa shape index (κ3) is 35.4. The van der Waals surface area contributed by atoms with Crippen LogP contribution in [0.15, 0.2) is 116 Å². The molecule has 13 atom stereocenters. The van der Waals surface area contributed by atoms with Crippen LogP contribution in [0.5, 0.6) is 5.75 Å². The smallest absolute Gasteiger partial charge is 0.305 e. The first kappa shape index (κ1) is 104. The molecule has 4 aromatic carbocycles. The fourth-order valence-electron chi connectivity index (χ4n) is 13.5. The van der Waals surface area contributed by atoms with Gasteiger partial charge in [0.25, 0.3) is 0 Å². The van der Waals surface area contributed by atoms with E-state index >= 15 is 0 Å². The van der Waals surface area contributed by atoms with Crippen molar-refractivity contribution in [2.45, 2.75) is 208 Å². The number of nitrogens with one attached hydrogen (secondary N) is 15. The second kappa shape index (κ2) is 51.9. The zero-order chi connectivity index (χ0) is 96.0. The van der Waals surface area contributed by atoms with Crippen molar-refractivity contribution in [1.29, 1.82) is 0 Å². The molecule has 0 bridgehead atoms. The van der Waals surface area contributed by atoms with Crippen LogP contribution in [-0.2, 0) is 122 Å². The Labute approximate surface area is 747 Å². The van der Waals surface area contributed by atoms with Gasteiger partial charge < -0.3 is 126 Å². The third-order valence-corrected chi connectivity index (χ3v) is 21.0. The summed E-state index contributed by atoms with van der Waals surface area (Å²) >= 11 is 1.25. The van der Waals surface area contributed by atoms with E-state index in [4.69, 9.17) is 11.5 Å². The quantitative estimate of drug-likeness (QED) is 0.0196. The summed E-state index contributed by atoms with van der Waals surface area (Å²) in [5.41, 5.74) is 15.3. The second-order valence-electron chi connectivity index (χ2n) is 31.0. The molecule has 0 fully saturated rings. The van der Waals surface area contributed by atoms with E-state index in [9.17, 15) is 132 Å². The second-order valence-corrected chi connectivity index (χ2v) is 32.0. The molecule has 45 heteroatoms. The fourth-order valence-corrected chi connectivity index (χ4v) is 13.9. The number of amides is 14. The van der Waals surface area contributed by atoms with E-state index in [0.717, 1.165) is 17.8 Å². The summed E-state index contributed by atoms with van der Waals surface area (Å²) < 4.78 is 0. The number of primary amides is 1. The first-order chi connectivity index (χ1) is 61.6. The number of carboxylic acid groups (broad SMARTS) is 6. The number of carbonyl (C=O) groups excluding carboxylic acids is 14. The third-order valence-electron chi connectivity index (χ3n) is 20.3. The van der Waals surface area contributed by atoms with Crippen molar-refractivity contribution in [3.63, 3.8) is 0 Å². The zero-order valence-electron chi connectivity index (χ0n) is 71.3. The SMILES string of the molecule is CSCCC(NC(=O)C(Cc1c[nH]c2ccccc12)NC(=O)CNC(=O)C(Cc1ccc(O)cc1)NC(=O)C(C)NC(=O)C(CCC(=O)O)NC(=O)C(CCC(=O)O)NC(=O)C(CCC(=O)O)NC(=O)C(CCC(=O)O)NC(=O)C(CCC(=O)O)NC(=O)C(CC(C)C)NC(=O)C(N)Cc1c[nH]c2ccccc12)C(=O)NC(CC(=O)O)C(=O)NC(Cc1ccccc1)C(N)=O. The lowest BCUT2D eigenvalue weighted by atomic mass is 10.00. The molecule has 0 spiro atoms. The number of fused-ring (bicyclic) bond motifs is 2. The molecule has 14 amide bonds. The minimum atomic E-state index is -2.08. The number of phenolic OH excluding ortho intramolecular Hbond substituents is 1.